The molecule has 3 heteroatoms. The fraction of sp³-hybridized carbons (Fsp3) is 1.00. The van der Waals surface area contributed by atoms with Gasteiger partial charge in [0.05, 0.1) is 12.2 Å². The molecule has 78 valence electrons. The number of aliphatic hydroxyl groups is 1. The van der Waals surface area contributed by atoms with E-state index in [0.29, 0.717) is 6.10 Å². The zero-order valence-corrected chi connectivity index (χ0v) is 9.18. The van der Waals surface area contributed by atoms with Crippen molar-refractivity contribution in [3.8, 4) is 0 Å². The fourth-order valence-electron chi connectivity index (χ4n) is 1.65. The summed E-state index contributed by atoms with van der Waals surface area (Å²) in [5.41, 5.74) is 0. The van der Waals surface area contributed by atoms with E-state index in [-0.39, 0.29) is 6.10 Å². The van der Waals surface area contributed by atoms with Crippen LogP contribution < -0.4 is 0 Å². The van der Waals surface area contributed by atoms with Gasteiger partial charge in [0.2, 0.25) is 0 Å². The van der Waals surface area contributed by atoms with Crippen LogP contribution in [-0.2, 0) is 4.74 Å². The number of hydrogen-bond donors (Lipinski definition) is 1. The van der Waals surface area contributed by atoms with Crippen LogP contribution in [0.25, 0.3) is 0 Å². The zero-order valence-electron chi connectivity index (χ0n) is 8.37. The predicted octanol–water partition coefficient (Wildman–Crippen LogP) is 2.06. The van der Waals surface area contributed by atoms with Gasteiger partial charge in [-0.15, -0.1) is 0 Å². The summed E-state index contributed by atoms with van der Waals surface area (Å²) in [5.74, 6) is 1.06. The van der Waals surface area contributed by atoms with Crippen LogP contribution in [0.1, 0.15) is 32.1 Å². The molecule has 2 nitrogen and oxygen atoms in total. The first-order valence-corrected chi connectivity index (χ1v) is 6.51. The highest BCUT2D eigenvalue weighted by molar-refractivity contribution is 7.98. The first-order valence-electron chi connectivity index (χ1n) is 5.11. The second-order valence-electron chi connectivity index (χ2n) is 3.65. The van der Waals surface area contributed by atoms with Gasteiger partial charge in [-0.1, -0.05) is 0 Å². The summed E-state index contributed by atoms with van der Waals surface area (Å²) in [6, 6.07) is 0. The van der Waals surface area contributed by atoms with Crippen LogP contribution in [0.4, 0.5) is 0 Å². The Morgan fingerprint density at radius 1 is 1.54 bits per heavy atom. The van der Waals surface area contributed by atoms with Crippen molar-refractivity contribution >= 4 is 11.8 Å². The topological polar surface area (TPSA) is 29.5 Å². The number of aliphatic hydroxyl groups excluding tert-OH is 1. The van der Waals surface area contributed by atoms with E-state index in [1.165, 1.54) is 12.8 Å². The highest BCUT2D eigenvalue weighted by Crippen LogP contribution is 2.18. The second kappa shape index (κ2) is 6.68. The lowest BCUT2D eigenvalue weighted by molar-refractivity contribution is 0.0806. The Balaban J connectivity index is 1.97. The monoisotopic (exact) mass is 204 g/mol. The molecule has 1 N–H and O–H groups in total. The van der Waals surface area contributed by atoms with Crippen LogP contribution in [0.2, 0.25) is 0 Å². The maximum Gasteiger partial charge on any atom is 0.0577 e. The summed E-state index contributed by atoms with van der Waals surface area (Å²) in [6.07, 6.45) is 7.66. The van der Waals surface area contributed by atoms with Gasteiger partial charge in [0.1, 0.15) is 0 Å². The Labute approximate surface area is 85.0 Å². The number of rotatable bonds is 6. The summed E-state index contributed by atoms with van der Waals surface area (Å²) in [6.45, 7) is 0.922. The smallest absolute Gasteiger partial charge is 0.0577 e. The van der Waals surface area contributed by atoms with E-state index in [2.05, 4.69) is 6.26 Å². The van der Waals surface area contributed by atoms with E-state index >= 15 is 0 Å². The molecule has 0 amide bonds. The zero-order chi connectivity index (χ0) is 9.52. The largest absolute Gasteiger partial charge is 0.393 e. The Kier molecular flexibility index (Phi) is 5.83. The van der Waals surface area contributed by atoms with E-state index in [1.807, 2.05) is 0 Å². The highest BCUT2D eigenvalue weighted by Gasteiger charge is 2.16. The molecule has 1 heterocycles. The molecule has 1 aliphatic heterocycles. The summed E-state index contributed by atoms with van der Waals surface area (Å²) in [7, 11) is 0. The number of hydrogen-bond acceptors (Lipinski definition) is 3. The number of ether oxygens (including phenoxy) is 1. The maximum atomic E-state index is 9.57. The number of thioether (sulfide) groups is 1. The molecule has 1 saturated heterocycles. The average Bonchev–Trinajstić information content (AvgIpc) is 2.64. The Bertz CT molecular complexity index is 124. The van der Waals surface area contributed by atoms with Crippen molar-refractivity contribution in [2.24, 2.45) is 0 Å². The summed E-state index contributed by atoms with van der Waals surface area (Å²) >= 11 is 1.80. The van der Waals surface area contributed by atoms with E-state index in [4.69, 9.17) is 4.74 Å². The molecule has 0 saturated carbocycles. The molecule has 0 radical (unpaired) electrons. The lowest BCUT2D eigenvalue weighted by Gasteiger charge is -2.12. The van der Waals surface area contributed by atoms with Gasteiger partial charge < -0.3 is 9.84 Å². The van der Waals surface area contributed by atoms with Gasteiger partial charge >= 0.3 is 0 Å². The Morgan fingerprint density at radius 2 is 2.38 bits per heavy atom. The van der Waals surface area contributed by atoms with Crippen LogP contribution in [0.3, 0.4) is 0 Å². The van der Waals surface area contributed by atoms with Crippen molar-refractivity contribution < 1.29 is 9.84 Å². The average molecular weight is 204 g/mol. The van der Waals surface area contributed by atoms with Gasteiger partial charge in [0.25, 0.3) is 0 Å². The molecular formula is C10H20O2S. The third-order valence-electron chi connectivity index (χ3n) is 2.50. The molecule has 1 rings (SSSR count). The van der Waals surface area contributed by atoms with Crippen molar-refractivity contribution in [2.75, 3.05) is 18.6 Å². The fourth-order valence-corrected chi connectivity index (χ4v) is 2.16. The van der Waals surface area contributed by atoms with Crippen LogP contribution in [0.5, 0.6) is 0 Å². The molecular weight excluding hydrogens is 184 g/mol. The van der Waals surface area contributed by atoms with Gasteiger partial charge in [-0.05, 0) is 44.1 Å². The Hall–Kier alpha value is 0.270. The van der Waals surface area contributed by atoms with Crippen molar-refractivity contribution in [2.45, 2.75) is 44.3 Å². The summed E-state index contributed by atoms with van der Waals surface area (Å²) in [4.78, 5) is 0. The molecule has 0 bridgehead atoms. The molecule has 2 unspecified atom stereocenters. The Morgan fingerprint density at radius 3 is 3.00 bits per heavy atom. The van der Waals surface area contributed by atoms with Crippen LogP contribution in [-0.4, -0.2) is 35.9 Å². The van der Waals surface area contributed by atoms with E-state index < -0.39 is 0 Å². The molecule has 1 fully saturated rings. The molecule has 0 aromatic rings. The van der Waals surface area contributed by atoms with Crippen molar-refractivity contribution in [3.63, 3.8) is 0 Å². The van der Waals surface area contributed by atoms with Crippen LogP contribution >= 0.6 is 11.8 Å². The third kappa shape index (κ3) is 4.89. The lowest BCUT2D eigenvalue weighted by Crippen LogP contribution is -2.13. The predicted molar refractivity (Wildman–Crippen MR) is 57.2 cm³/mol. The maximum absolute atomic E-state index is 9.57. The highest BCUT2D eigenvalue weighted by atomic mass is 32.2. The second-order valence-corrected chi connectivity index (χ2v) is 4.63. The van der Waals surface area contributed by atoms with Gasteiger partial charge in [-0.25, -0.2) is 0 Å². The SMILES string of the molecule is CSCCC(O)CCC1CCCO1. The van der Waals surface area contributed by atoms with E-state index in [0.717, 1.165) is 31.6 Å². The van der Waals surface area contributed by atoms with E-state index in [9.17, 15) is 5.11 Å². The standard InChI is InChI=1S/C10H20O2S/c1-13-8-6-9(11)4-5-10-3-2-7-12-10/h9-11H,2-8H2,1H3. The minimum Gasteiger partial charge on any atom is -0.393 e. The van der Waals surface area contributed by atoms with Gasteiger partial charge in [0.15, 0.2) is 0 Å². The van der Waals surface area contributed by atoms with Crippen molar-refractivity contribution in [3.05, 3.63) is 0 Å². The minimum atomic E-state index is -0.114. The molecule has 13 heavy (non-hydrogen) atoms. The minimum absolute atomic E-state index is 0.114. The normalized spacial score (nSPS) is 24.9. The van der Waals surface area contributed by atoms with Gasteiger partial charge in [0, 0.05) is 6.61 Å². The first-order chi connectivity index (χ1) is 6.33. The first kappa shape index (κ1) is 11.3. The van der Waals surface area contributed by atoms with Crippen molar-refractivity contribution in [1.29, 1.82) is 0 Å². The molecule has 0 spiro atoms. The van der Waals surface area contributed by atoms with Gasteiger partial charge in [-0.3, -0.25) is 0 Å². The molecule has 0 aliphatic carbocycles. The van der Waals surface area contributed by atoms with Gasteiger partial charge in [-0.2, -0.15) is 11.8 Å². The summed E-state index contributed by atoms with van der Waals surface area (Å²) in [5, 5.41) is 9.57. The molecule has 0 aromatic heterocycles. The quantitative estimate of drug-likeness (QED) is 0.718. The molecule has 1 aliphatic rings. The van der Waals surface area contributed by atoms with E-state index in [1.54, 1.807) is 11.8 Å². The molecule has 0 aromatic carbocycles. The lowest BCUT2D eigenvalue weighted by atomic mass is 10.1. The van der Waals surface area contributed by atoms with Crippen molar-refractivity contribution in [1.82, 2.24) is 0 Å². The third-order valence-corrected chi connectivity index (χ3v) is 3.15. The molecule has 2 atom stereocenters. The van der Waals surface area contributed by atoms with Crippen LogP contribution in [0, 0.1) is 0 Å². The van der Waals surface area contributed by atoms with Crippen LogP contribution in [0.15, 0.2) is 0 Å². The summed E-state index contributed by atoms with van der Waals surface area (Å²) < 4.78 is 5.49.